The van der Waals surface area contributed by atoms with Crippen LogP contribution in [0.3, 0.4) is 0 Å². The van der Waals surface area contributed by atoms with E-state index in [1.165, 1.54) is 0 Å². The quantitative estimate of drug-likeness (QED) is 0.485. The topological polar surface area (TPSA) is 88.6 Å². The van der Waals surface area contributed by atoms with Crippen LogP contribution < -0.4 is 14.2 Å². The maximum Gasteiger partial charge on any atom is 0.203 e. The highest BCUT2D eigenvalue weighted by Gasteiger charge is 2.19. The maximum atomic E-state index is 5.81. The van der Waals surface area contributed by atoms with Crippen LogP contribution in [0.2, 0.25) is 0 Å². The number of hydrogen-bond acceptors (Lipinski definition) is 7. The van der Waals surface area contributed by atoms with Gasteiger partial charge in [0.1, 0.15) is 6.33 Å². The Labute approximate surface area is 161 Å². The van der Waals surface area contributed by atoms with Crippen LogP contribution in [0, 0.1) is 0 Å². The van der Waals surface area contributed by atoms with Crippen molar-refractivity contribution in [1.82, 2.24) is 29.4 Å². The third-order valence-electron chi connectivity index (χ3n) is 4.31. The number of nitrogens with zero attached hydrogens (tertiary/aromatic N) is 6. The minimum atomic E-state index is 0.507. The second-order valence-electron chi connectivity index (χ2n) is 6.07. The molecular formula is C19H22N6O3. The molecule has 0 saturated carbocycles. The summed E-state index contributed by atoms with van der Waals surface area (Å²) in [5.74, 6) is 2.45. The molecule has 4 rings (SSSR count). The molecule has 4 aromatic rings. The normalized spacial score (nSPS) is 11.3. The standard InChI is InChI=1S/C19H22N6O3/c1-5-26-14-8-12(9-15(27-6-2)16(14)28-7-3)17-22-23-19-13-10-21-24(4)18(13)20-11-25(17)19/h8-11H,5-7H2,1-4H3. The van der Waals surface area contributed by atoms with E-state index in [1.807, 2.05) is 44.4 Å². The molecule has 0 aliphatic rings. The Bertz CT molecular complexity index is 1110. The first-order valence-corrected chi connectivity index (χ1v) is 9.26. The Morgan fingerprint density at radius 2 is 1.57 bits per heavy atom. The lowest BCUT2D eigenvalue weighted by Gasteiger charge is -2.16. The highest BCUT2D eigenvalue weighted by Crippen LogP contribution is 2.41. The highest BCUT2D eigenvalue weighted by atomic mass is 16.5. The fraction of sp³-hybridized carbons (Fsp3) is 0.368. The largest absolute Gasteiger partial charge is 0.490 e. The lowest BCUT2D eigenvalue weighted by molar-refractivity contribution is 0.261. The van der Waals surface area contributed by atoms with Crippen molar-refractivity contribution in [3.05, 3.63) is 24.7 Å². The van der Waals surface area contributed by atoms with E-state index >= 15 is 0 Å². The second kappa shape index (κ2) is 7.34. The molecule has 0 aliphatic carbocycles. The van der Waals surface area contributed by atoms with Gasteiger partial charge in [-0.1, -0.05) is 0 Å². The van der Waals surface area contributed by atoms with Gasteiger partial charge >= 0.3 is 0 Å². The van der Waals surface area contributed by atoms with E-state index in [0.717, 1.165) is 16.6 Å². The van der Waals surface area contributed by atoms with E-state index in [4.69, 9.17) is 14.2 Å². The molecule has 0 unspecified atom stereocenters. The van der Waals surface area contributed by atoms with E-state index < -0.39 is 0 Å². The fourth-order valence-corrected chi connectivity index (χ4v) is 3.15. The molecule has 3 aromatic heterocycles. The van der Waals surface area contributed by atoms with Gasteiger partial charge in [-0.15, -0.1) is 10.2 Å². The molecule has 0 atom stereocenters. The molecule has 1 aromatic carbocycles. The average molecular weight is 382 g/mol. The number of ether oxygens (including phenoxy) is 3. The first-order valence-electron chi connectivity index (χ1n) is 9.26. The summed E-state index contributed by atoms with van der Waals surface area (Å²) in [5.41, 5.74) is 2.24. The summed E-state index contributed by atoms with van der Waals surface area (Å²) < 4.78 is 20.9. The third kappa shape index (κ3) is 2.88. The van der Waals surface area contributed by atoms with Gasteiger partial charge in [-0.3, -0.25) is 9.08 Å². The molecule has 0 spiro atoms. The Hall–Kier alpha value is -3.36. The van der Waals surface area contributed by atoms with Gasteiger partial charge in [-0.25, -0.2) is 4.98 Å². The van der Waals surface area contributed by atoms with Crippen molar-refractivity contribution in [3.8, 4) is 28.6 Å². The molecular weight excluding hydrogens is 360 g/mol. The zero-order chi connectivity index (χ0) is 19.7. The number of hydrogen-bond donors (Lipinski definition) is 0. The number of aryl methyl sites for hydroxylation is 1. The minimum Gasteiger partial charge on any atom is -0.490 e. The number of rotatable bonds is 7. The Kier molecular flexibility index (Phi) is 4.72. The van der Waals surface area contributed by atoms with Gasteiger partial charge in [0.15, 0.2) is 28.6 Å². The predicted molar refractivity (Wildman–Crippen MR) is 104 cm³/mol. The van der Waals surface area contributed by atoms with Gasteiger partial charge in [0.05, 0.1) is 31.4 Å². The molecule has 0 saturated heterocycles. The summed E-state index contributed by atoms with van der Waals surface area (Å²) in [5, 5.41) is 13.8. The summed E-state index contributed by atoms with van der Waals surface area (Å²) in [6, 6.07) is 3.78. The van der Waals surface area contributed by atoms with Crippen LogP contribution in [-0.2, 0) is 7.05 Å². The monoisotopic (exact) mass is 382 g/mol. The van der Waals surface area contributed by atoms with Crippen LogP contribution >= 0.6 is 0 Å². The van der Waals surface area contributed by atoms with Gasteiger partial charge in [-0.2, -0.15) is 5.10 Å². The smallest absolute Gasteiger partial charge is 0.203 e. The number of benzene rings is 1. The molecule has 0 aliphatic heterocycles. The van der Waals surface area contributed by atoms with Crippen LogP contribution in [0.5, 0.6) is 17.2 Å². The molecule has 0 fully saturated rings. The molecule has 3 heterocycles. The predicted octanol–water partition coefficient (Wildman–Crippen LogP) is 2.87. The van der Waals surface area contributed by atoms with Crippen molar-refractivity contribution < 1.29 is 14.2 Å². The SMILES string of the molecule is CCOc1cc(-c2nnc3c4cnn(C)c4ncn23)cc(OCC)c1OCC. The lowest BCUT2D eigenvalue weighted by atomic mass is 10.1. The van der Waals surface area contributed by atoms with Gasteiger partial charge in [0, 0.05) is 12.6 Å². The summed E-state index contributed by atoms with van der Waals surface area (Å²) in [6.07, 6.45) is 3.44. The van der Waals surface area contributed by atoms with E-state index in [9.17, 15) is 0 Å². The van der Waals surface area contributed by atoms with Crippen molar-refractivity contribution >= 4 is 16.7 Å². The van der Waals surface area contributed by atoms with Crippen LogP contribution in [0.4, 0.5) is 0 Å². The van der Waals surface area contributed by atoms with Crippen molar-refractivity contribution in [2.45, 2.75) is 20.8 Å². The third-order valence-corrected chi connectivity index (χ3v) is 4.31. The number of aromatic nitrogens is 6. The molecule has 0 N–H and O–H groups in total. The van der Waals surface area contributed by atoms with Crippen LogP contribution in [0.15, 0.2) is 24.7 Å². The number of fused-ring (bicyclic) bond motifs is 3. The van der Waals surface area contributed by atoms with Gasteiger partial charge in [0.2, 0.25) is 5.75 Å². The molecule has 146 valence electrons. The van der Waals surface area contributed by atoms with E-state index in [0.29, 0.717) is 48.5 Å². The Balaban J connectivity index is 1.91. The van der Waals surface area contributed by atoms with Crippen LogP contribution in [0.25, 0.3) is 28.1 Å². The highest BCUT2D eigenvalue weighted by molar-refractivity contribution is 5.89. The van der Waals surface area contributed by atoms with Gasteiger partial charge in [-0.05, 0) is 32.9 Å². The van der Waals surface area contributed by atoms with Crippen molar-refractivity contribution in [2.75, 3.05) is 19.8 Å². The van der Waals surface area contributed by atoms with Gasteiger partial charge in [0.25, 0.3) is 0 Å². The second-order valence-corrected chi connectivity index (χ2v) is 6.07. The summed E-state index contributed by atoms with van der Waals surface area (Å²) >= 11 is 0. The first kappa shape index (κ1) is 18.0. The molecule has 0 amide bonds. The summed E-state index contributed by atoms with van der Waals surface area (Å²) in [7, 11) is 1.85. The first-order chi connectivity index (χ1) is 13.7. The maximum absolute atomic E-state index is 5.81. The van der Waals surface area contributed by atoms with Crippen molar-refractivity contribution in [2.24, 2.45) is 7.05 Å². The van der Waals surface area contributed by atoms with Gasteiger partial charge < -0.3 is 14.2 Å². The fourth-order valence-electron chi connectivity index (χ4n) is 3.15. The lowest BCUT2D eigenvalue weighted by Crippen LogP contribution is -2.03. The van der Waals surface area contributed by atoms with Crippen LogP contribution in [0.1, 0.15) is 20.8 Å². The minimum absolute atomic E-state index is 0.507. The summed E-state index contributed by atoms with van der Waals surface area (Å²) in [4.78, 5) is 4.49. The molecule has 28 heavy (non-hydrogen) atoms. The van der Waals surface area contributed by atoms with E-state index in [2.05, 4.69) is 20.3 Å². The van der Waals surface area contributed by atoms with Crippen molar-refractivity contribution in [3.63, 3.8) is 0 Å². The molecule has 9 nitrogen and oxygen atoms in total. The van der Waals surface area contributed by atoms with Crippen molar-refractivity contribution in [1.29, 1.82) is 0 Å². The Morgan fingerprint density at radius 3 is 2.21 bits per heavy atom. The molecule has 0 radical (unpaired) electrons. The molecule has 9 heteroatoms. The Morgan fingerprint density at radius 1 is 0.893 bits per heavy atom. The van der Waals surface area contributed by atoms with E-state index in [-0.39, 0.29) is 0 Å². The zero-order valence-electron chi connectivity index (χ0n) is 16.3. The zero-order valence-corrected chi connectivity index (χ0v) is 16.3. The molecule has 0 bridgehead atoms. The average Bonchev–Trinajstić information content (AvgIpc) is 3.28. The summed E-state index contributed by atoms with van der Waals surface area (Å²) in [6.45, 7) is 7.31. The van der Waals surface area contributed by atoms with Crippen LogP contribution in [-0.4, -0.2) is 49.2 Å². The van der Waals surface area contributed by atoms with E-state index in [1.54, 1.807) is 17.2 Å².